The lowest BCUT2D eigenvalue weighted by atomic mass is 10.2. The van der Waals surface area contributed by atoms with Crippen LogP contribution in [0.2, 0.25) is 0 Å². The lowest BCUT2D eigenvalue weighted by molar-refractivity contribution is 0.328. The lowest BCUT2D eigenvalue weighted by Crippen LogP contribution is -2.26. The largest absolute Gasteiger partial charge is 0.309 e. The summed E-state index contributed by atoms with van der Waals surface area (Å²) in [6, 6.07) is 3.39. The van der Waals surface area contributed by atoms with E-state index in [9.17, 15) is 4.39 Å². The Bertz CT molecular complexity index is 347. The van der Waals surface area contributed by atoms with Gasteiger partial charge in [0.2, 0.25) is 0 Å². The minimum atomic E-state index is -0.278. The van der Waals surface area contributed by atoms with Crippen molar-refractivity contribution in [2.24, 2.45) is 0 Å². The Hall–Kier alpha value is -1.00. The van der Waals surface area contributed by atoms with E-state index in [4.69, 9.17) is 0 Å². The molecule has 4 heteroatoms. The SMILES string of the molecule is CC(NCCCN1CCCC1)c1ccc(F)cn1. The molecule has 1 atom stereocenters. The van der Waals surface area contributed by atoms with Crippen molar-refractivity contribution in [2.45, 2.75) is 32.2 Å². The van der Waals surface area contributed by atoms with Gasteiger partial charge >= 0.3 is 0 Å². The van der Waals surface area contributed by atoms with Crippen molar-refractivity contribution in [3.8, 4) is 0 Å². The summed E-state index contributed by atoms with van der Waals surface area (Å²) < 4.78 is 12.7. The first-order valence-corrected chi connectivity index (χ1v) is 6.83. The van der Waals surface area contributed by atoms with Crippen LogP contribution in [0, 0.1) is 5.82 Å². The highest BCUT2D eigenvalue weighted by molar-refractivity contribution is 5.08. The first kappa shape index (κ1) is 13.4. The maximum atomic E-state index is 12.7. The zero-order valence-electron chi connectivity index (χ0n) is 11.0. The molecule has 0 bridgehead atoms. The molecule has 1 aromatic heterocycles. The van der Waals surface area contributed by atoms with Crippen LogP contribution in [0.25, 0.3) is 0 Å². The van der Waals surface area contributed by atoms with Crippen LogP contribution in [0.1, 0.15) is 37.9 Å². The number of pyridine rings is 1. The van der Waals surface area contributed by atoms with Crippen molar-refractivity contribution in [1.29, 1.82) is 0 Å². The number of aromatic nitrogens is 1. The van der Waals surface area contributed by atoms with Gasteiger partial charge in [-0.25, -0.2) is 4.39 Å². The zero-order valence-corrected chi connectivity index (χ0v) is 11.0. The lowest BCUT2D eigenvalue weighted by Gasteiger charge is -2.16. The van der Waals surface area contributed by atoms with E-state index in [2.05, 4.69) is 22.1 Å². The third kappa shape index (κ3) is 4.03. The number of halogens is 1. The fourth-order valence-electron chi connectivity index (χ4n) is 2.38. The van der Waals surface area contributed by atoms with E-state index in [1.54, 1.807) is 6.07 Å². The van der Waals surface area contributed by atoms with Gasteiger partial charge in [-0.05, 0) is 64.5 Å². The molecule has 100 valence electrons. The predicted octanol–water partition coefficient (Wildman–Crippen LogP) is 2.36. The van der Waals surface area contributed by atoms with E-state index in [0.29, 0.717) is 0 Å². The Morgan fingerprint density at radius 2 is 2.17 bits per heavy atom. The molecule has 0 spiro atoms. The second-order valence-electron chi connectivity index (χ2n) is 4.98. The number of hydrogen-bond acceptors (Lipinski definition) is 3. The molecule has 2 heterocycles. The summed E-state index contributed by atoms with van der Waals surface area (Å²) in [7, 11) is 0. The van der Waals surface area contributed by atoms with Gasteiger partial charge in [-0.2, -0.15) is 0 Å². The summed E-state index contributed by atoms with van der Waals surface area (Å²) in [6.07, 6.45) is 5.13. The molecule has 1 fully saturated rings. The van der Waals surface area contributed by atoms with Gasteiger partial charge < -0.3 is 10.2 Å². The number of rotatable bonds is 6. The topological polar surface area (TPSA) is 28.2 Å². The molecular weight excluding hydrogens is 229 g/mol. The first-order valence-electron chi connectivity index (χ1n) is 6.83. The summed E-state index contributed by atoms with van der Waals surface area (Å²) >= 11 is 0. The molecule has 1 aliphatic heterocycles. The molecular formula is C14H22FN3. The second kappa shape index (κ2) is 6.81. The Labute approximate surface area is 108 Å². The summed E-state index contributed by atoms with van der Waals surface area (Å²) in [5, 5.41) is 3.43. The smallest absolute Gasteiger partial charge is 0.141 e. The Kier molecular flexibility index (Phi) is 5.08. The minimum Gasteiger partial charge on any atom is -0.309 e. The summed E-state index contributed by atoms with van der Waals surface area (Å²) in [4.78, 5) is 6.60. The number of nitrogens with one attached hydrogen (secondary N) is 1. The van der Waals surface area contributed by atoms with E-state index in [-0.39, 0.29) is 11.9 Å². The Balaban J connectivity index is 1.64. The molecule has 1 saturated heterocycles. The quantitative estimate of drug-likeness (QED) is 0.787. The van der Waals surface area contributed by atoms with Crippen LogP contribution < -0.4 is 5.32 Å². The molecule has 1 unspecified atom stereocenters. The van der Waals surface area contributed by atoms with Gasteiger partial charge in [-0.1, -0.05) is 0 Å². The molecule has 3 nitrogen and oxygen atoms in total. The van der Waals surface area contributed by atoms with E-state index in [1.165, 1.54) is 44.7 Å². The monoisotopic (exact) mass is 251 g/mol. The molecule has 18 heavy (non-hydrogen) atoms. The van der Waals surface area contributed by atoms with Crippen LogP contribution in [-0.4, -0.2) is 36.1 Å². The van der Waals surface area contributed by atoms with E-state index >= 15 is 0 Å². The normalized spacial score (nSPS) is 18.1. The third-order valence-electron chi connectivity index (χ3n) is 3.49. The van der Waals surface area contributed by atoms with E-state index in [0.717, 1.165) is 18.7 Å². The van der Waals surface area contributed by atoms with Crippen LogP contribution in [0.15, 0.2) is 18.3 Å². The van der Waals surface area contributed by atoms with Crippen molar-refractivity contribution in [2.75, 3.05) is 26.2 Å². The van der Waals surface area contributed by atoms with E-state index in [1.807, 2.05) is 0 Å². The maximum Gasteiger partial charge on any atom is 0.141 e. The predicted molar refractivity (Wildman–Crippen MR) is 70.9 cm³/mol. The molecule has 0 radical (unpaired) electrons. The molecule has 2 rings (SSSR count). The van der Waals surface area contributed by atoms with Crippen molar-refractivity contribution >= 4 is 0 Å². The van der Waals surface area contributed by atoms with Crippen LogP contribution in [0.3, 0.4) is 0 Å². The van der Waals surface area contributed by atoms with Crippen LogP contribution >= 0.6 is 0 Å². The number of hydrogen-bond donors (Lipinski definition) is 1. The van der Waals surface area contributed by atoms with Crippen LogP contribution in [-0.2, 0) is 0 Å². The van der Waals surface area contributed by atoms with E-state index < -0.39 is 0 Å². The van der Waals surface area contributed by atoms with Gasteiger partial charge in [-0.15, -0.1) is 0 Å². The van der Waals surface area contributed by atoms with Gasteiger partial charge in [-0.3, -0.25) is 4.98 Å². The molecule has 1 N–H and O–H groups in total. The fraction of sp³-hybridized carbons (Fsp3) is 0.643. The van der Waals surface area contributed by atoms with Crippen molar-refractivity contribution in [3.63, 3.8) is 0 Å². The molecule has 0 aromatic carbocycles. The summed E-state index contributed by atoms with van der Waals surface area (Å²) in [5.74, 6) is -0.278. The highest BCUT2D eigenvalue weighted by Crippen LogP contribution is 2.10. The Morgan fingerprint density at radius 1 is 1.39 bits per heavy atom. The molecule has 0 saturated carbocycles. The first-order chi connectivity index (χ1) is 8.75. The fourth-order valence-corrected chi connectivity index (χ4v) is 2.38. The average molecular weight is 251 g/mol. The van der Waals surface area contributed by atoms with Crippen molar-refractivity contribution < 1.29 is 4.39 Å². The maximum absolute atomic E-state index is 12.7. The van der Waals surface area contributed by atoms with Gasteiger partial charge in [0.05, 0.1) is 11.9 Å². The molecule has 0 amide bonds. The Morgan fingerprint density at radius 3 is 2.83 bits per heavy atom. The highest BCUT2D eigenvalue weighted by atomic mass is 19.1. The highest BCUT2D eigenvalue weighted by Gasteiger charge is 2.11. The second-order valence-corrected chi connectivity index (χ2v) is 4.98. The van der Waals surface area contributed by atoms with Gasteiger partial charge in [0.25, 0.3) is 0 Å². The van der Waals surface area contributed by atoms with Crippen LogP contribution in [0.5, 0.6) is 0 Å². The van der Waals surface area contributed by atoms with Gasteiger partial charge in [0.15, 0.2) is 0 Å². The standard InChI is InChI=1S/C14H22FN3/c1-12(14-6-5-13(15)11-17-14)16-7-4-10-18-8-2-3-9-18/h5-6,11-12,16H,2-4,7-10H2,1H3. The third-order valence-corrected chi connectivity index (χ3v) is 3.49. The average Bonchev–Trinajstić information content (AvgIpc) is 2.88. The summed E-state index contributed by atoms with van der Waals surface area (Å²) in [6.45, 7) is 6.74. The van der Waals surface area contributed by atoms with Gasteiger partial charge in [0.1, 0.15) is 5.82 Å². The zero-order chi connectivity index (χ0) is 12.8. The molecule has 0 aliphatic carbocycles. The van der Waals surface area contributed by atoms with Crippen LogP contribution in [0.4, 0.5) is 4.39 Å². The molecule has 1 aliphatic rings. The number of nitrogens with zero attached hydrogens (tertiary/aromatic N) is 2. The molecule has 1 aromatic rings. The van der Waals surface area contributed by atoms with Crippen molar-refractivity contribution in [1.82, 2.24) is 15.2 Å². The summed E-state index contributed by atoms with van der Waals surface area (Å²) in [5.41, 5.74) is 0.901. The van der Waals surface area contributed by atoms with Crippen molar-refractivity contribution in [3.05, 3.63) is 29.8 Å². The minimum absolute atomic E-state index is 0.184. The number of likely N-dealkylation sites (tertiary alicyclic amines) is 1. The van der Waals surface area contributed by atoms with Gasteiger partial charge in [0, 0.05) is 6.04 Å².